The summed E-state index contributed by atoms with van der Waals surface area (Å²) < 4.78 is 44.6. The van der Waals surface area contributed by atoms with Gasteiger partial charge in [-0.05, 0) is 12.8 Å². The van der Waals surface area contributed by atoms with Crippen molar-refractivity contribution >= 4 is 22.1 Å². The van der Waals surface area contributed by atoms with E-state index in [-0.39, 0.29) is 19.1 Å². The molecule has 0 aromatic heterocycles. The molecule has 2 rings (SSSR count). The third-order valence-corrected chi connectivity index (χ3v) is 5.06. The van der Waals surface area contributed by atoms with Gasteiger partial charge in [-0.1, -0.05) is 6.92 Å². The largest absolute Gasteiger partial charge is 0.463 e. The predicted molar refractivity (Wildman–Crippen MR) is 77.9 cm³/mol. The molecule has 4 unspecified atom stereocenters. The number of hydrogen-bond donors (Lipinski definition) is 0. The van der Waals surface area contributed by atoms with Crippen LogP contribution in [-0.4, -0.2) is 57.1 Å². The van der Waals surface area contributed by atoms with Gasteiger partial charge in [0, 0.05) is 19.8 Å². The van der Waals surface area contributed by atoms with Crippen molar-refractivity contribution in [2.24, 2.45) is 5.92 Å². The SMILES string of the molecule is CC(=O)OCC12CCC(COC(C)=O)(O1)C(OS(C)(=O)=O)C2C. The van der Waals surface area contributed by atoms with E-state index in [9.17, 15) is 18.0 Å². The van der Waals surface area contributed by atoms with Crippen molar-refractivity contribution in [1.82, 2.24) is 0 Å². The molecule has 2 fully saturated rings. The molecule has 0 aliphatic carbocycles. The van der Waals surface area contributed by atoms with Crippen molar-refractivity contribution in [2.75, 3.05) is 19.5 Å². The Labute approximate surface area is 135 Å². The lowest BCUT2D eigenvalue weighted by Crippen LogP contribution is -2.50. The summed E-state index contributed by atoms with van der Waals surface area (Å²) >= 11 is 0. The number of carbonyl (C=O) groups is 2. The molecular formula is C14H22O8S. The lowest BCUT2D eigenvalue weighted by atomic mass is 9.73. The maximum atomic E-state index is 11.6. The monoisotopic (exact) mass is 350 g/mol. The summed E-state index contributed by atoms with van der Waals surface area (Å²) in [5, 5.41) is 0. The van der Waals surface area contributed by atoms with Crippen molar-refractivity contribution in [1.29, 1.82) is 0 Å². The molecule has 2 aliphatic rings. The van der Waals surface area contributed by atoms with Crippen LogP contribution >= 0.6 is 0 Å². The van der Waals surface area contributed by atoms with E-state index in [0.29, 0.717) is 12.8 Å². The molecule has 4 atom stereocenters. The number of fused-ring (bicyclic) bond motifs is 2. The van der Waals surface area contributed by atoms with E-state index in [0.717, 1.165) is 6.26 Å². The molecule has 8 nitrogen and oxygen atoms in total. The number of carbonyl (C=O) groups excluding carboxylic acids is 2. The molecule has 0 aromatic carbocycles. The molecular weight excluding hydrogens is 328 g/mol. The Bertz CT molecular complexity index is 600. The first kappa shape index (κ1) is 18.2. The van der Waals surface area contributed by atoms with Gasteiger partial charge in [-0.25, -0.2) is 0 Å². The van der Waals surface area contributed by atoms with Crippen LogP contribution in [0, 0.1) is 5.92 Å². The Hall–Kier alpha value is -1.19. The zero-order valence-electron chi connectivity index (χ0n) is 13.7. The van der Waals surface area contributed by atoms with E-state index in [1.165, 1.54) is 13.8 Å². The van der Waals surface area contributed by atoms with E-state index in [2.05, 4.69) is 0 Å². The Morgan fingerprint density at radius 1 is 1.09 bits per heavy atom. The number of hydrogen-bond acceptors (Lipinski definition) is 8. The normalized spacial score (nSPS) is 36.0. The summed E-state index contributed by atoms with van der Waals surface area (Å²) in [6.07, 6.45) is 1.17. The quantitative estimate of drug-likeness (QED) is 0.500. The molecule has 0 amide bonds. The highest BCUT2D eigenvalue weighted by molar-refractivity contribution is 7.86. The number of ether oxygens (including phenoxy) is 3. The second-order valence-electron chi connectivity index (χ2n) is 6.30. The lowest BCUT2D eigenvalue weighted by Gasteiger charge is -2.35. The van der Waals surface area contributed by atoms with Gasteiger partial charge in [0.2, 0.25) is 0 Å². The smallest absolute Gasteiger partial charge is 0.302 e. The zero-order chi connectivity index (χ0) is 17.5. The molecule has 0 aromatic rings. The van der Waals surface area contributed by atoms with Crippen molar-refractivity contribution < 1.29 is 36.4 Å². The molecule has 23 heavy (non-hydrogen) atoms. The van der Waals surface area contributed by atoms with Crippen LogP contribution in [0.25, 0.3) is 0 Å². The van der Waals surface area contributed by atoms with Gasteiger partial charge < -0.3 is 14.2 Å². The fourth-order valence-electron chi connectivity index (χ4n) is 3.41. The van der Waals surface area contributed by atoms with Crippen LogP contribution in [0.1, 0.15) is 33.6 Å². The summed E-state index contributed by atoms with van der Waals surface area (Å²) in [7, 11) is -3.73. The van der Waals surface area contributed by atoms with Crippen LogP contribution in [0.4, 0.5) is 0 Å². The van der Waals surface area contributed by atoms with Crippen molar-refractivity contribution in [2.45, 2.75) is 50.9 Å². The highest BCUT2D eigenvalue weighted by atomic mass is 32.2. The molecule has 9 heteroatoms. The highest BCUT2D eigenvalue weighted by Crippen LogP contribution is 2.56. The molecule has 2 saturated heterocycles. The predicted octanol–water partition coefficient (Wildman–Crippen LogP) is 0.395. The average Bonchev–Trinajstić information content (AvgIpc) is 2.89. The molecule has 0 radical (unpaired) electrons. The zero-order valence-corrected chi connectivity index (χ0v) is 14.5. The van der Waals surface area contributed by atoms with Crippen LogP contribution in [0.15, 0.2) is 0 Å². The van der Waals surface area contributed by atoms with Gasteiger partial charge in [0.1, 0.15) is 30.5 Å². The van der Waals surface area contributed by atoms with E-state index in [4.69, 9.17) is 18.4 Å². The van der Waals surface area contributed by atoms with Crippen molar-refractivity contribution in [3.05, 3.63) is 0 Å². The first-order valence-electron chi connectivity index (χ1n) is 7.35. The van der Waals surface area contributed by atoms with Gasteiger partial charge in [0.15, 0.2) is 0 Å². The summed E-state index contributed by atoms with van der Waals surface area (Å²) in [6, 6.07) is 0. The molecule has 2 aliphatic heterocycles. The van der Waals surface area contributed by atoms with Gasteiger partial charge in [-0.3, -0.25) is 13.8 Å². The second-order valence-corrected chi connectivity index (χ2v) is 7.90. The fourth-order valence-corrected chi connectivity index (χ4v) is 4.12. The maximum absolute atomic E-state index is 11.6. The summed E-state index contributed by atoms with van der Waals surface area (Å²) in [5.74, 6) is -1.28. The topological polar surface area (TPSA) is 105 Å². The van der Waals surface area contributed by atoms with Crippen molar-refractivity contribution in [3.8, 4) is 0 Å². The minimum atomic E-state index is -3.73. The maximum Gasteiger partial charge on any atom is 0.302 e. The van der Waals surface area contributed by atoms with Gasteiger partial charge in [-0.15, -0.1) is 0 Å². The summed E-state index contributed by atoms with van der Waals surface area (Å²) in [4.78, 5) is 22.2. The highest BCUT2D eigenvalue weighted by Gasteiger charge is 2.68. The Kier molecular flexibility index (Phi) is 4.76. The molecule has 2 heterocycles. The molecule has 132 valence electrons. The van der Waals surface area contributed by atoms with E-state index >= 15 is 0 Å². The van der Waals surface area contributed by atoms with Gasteiger partial charge in [0.25, 0.3) is 10.1 Å². The third-order valence-electron chi connectivity index (χ3n) is 4.50. The van der Waals surface area contributed by atoms with Crippen LogP contribution in [0.2, 0.25) is 0 Å². The number of esters is 2. The Morgan fingerprint density at radius 3 is 2.04 bits per heavy atom. The van der Waals surface area contributed by atoms with Crippen LogP contribution in [-0.2, 0) is 38.1 Å². The minimum Gasteiger partial charge on any atom is -0.463 e. The molecule has 0 spiro atoms. The summed E-state index contributed by atoms with van der Waals surface area (Å²) in [5.41, 5.74) is -1.88. The van der Waals surface area contributed by atoms with Crippen LogP contribution in [0.5, 0.6) is 0 Å². The molecule has 0 N–H and O–H groups in total. The fraction of sp³-hybridized carbons (Fsp3) is 0.857. The lowest BCUT2D eigenvalue weighted by molar-refractivity contribution is -0.163. The Morgan fingerprint density at radius 2 is 1.57 bits per heavy atom. The number of rotatable bonds is 6. The molecule has 0 saturated carbocycles. The standard InChI is InChI=1S/C14H22O8S/c1-9-12(21-23(4,17)18)14(8-20-11(3)16)6-5-13(9,22-14)7-19-10(2)15/h9,12H,5-8H2,1-4H3. The van der Waals surface area contributed by atoms with Gasteiger partial charge in [0.05, 0.1) is 6.26 Å². The van der Waals surface area contributed by atoms with Crippen molar-refractivity contribution in [3.63, 3.8) is 0 Å². The van der Waals surface area contributed by atoms with E-state index in [1.54, 1.807) is 6.92 Å². The molecule has 2 bridgehead atoms. The first-order valence-corrected chi connectivity index (χ1v) is 9.16. The van der Waals surface area contributed by atoms with E-state index in [1.807, 2.05) is 0 Å². The minimum absolute atomic E-state index is 0.00887. The average molecular weight is 350 g/mol. The van der Waals surface area contributed by atoms with Gasteiger partial charge in [-0.2, -0.15) is 8.42 Å². The second kappa shape index (κ2) is 6.03. The van der Waals surface area contributed by atoms with Crippen LogP contribution < -0.4 is 0 Å². The third kappa shape index (κ3) is 3.67. The summed E-state index contributed by atoms with van der Waals surface area (Å²) in [6.45, 7) is 4.25. The van der Waals surface area contributed by atoms with Crippen LogP contribution in [0.3, 0.4) is 0 Å². The Balaban J connectivity index is 2.27. The first-order chi connectivity index (χ1) is 10.5. The van der Waals surface area contributed by atoms with Gasteiger partial charge >= 0.3 is 11.9 Å². The van der Waals surface area contributed by atoms with E-state index < -0.39 is 39.4 Å².